The summed E-state index contributed by atoms with van der Waals surface area (Å²) in [6.07, 6.45) is 3.99. The molecule has 0 saturated heterocycles. The number of methoxy groups -OCH3 is 1. The molecule has 2 heterocycles. The minimum absolute atomic E-state index is 0.109. The molecule has 7 heteroatoms. The van der Waals surface area contributed by atoms with Gasteiger partial charge in [-0.05, 0) is 54.5 Å². The second-order valence-electron chi connectivity index (χ2n) is 7.12. The van der Waals surface area contributed by atoms with E-state index in [0.29, 0.717) is 23.4 Å². The van der Waals surface area contributed by atoms with Crippen LogP contribution in [0.4, 0.5) is 5.82 Å². The number of fused-ring (bicyclic) bond motifs is 2. The fraction of sp³-hybridized carbons (Fsp3) is 0.136. The van der Waals surface area contributed by atoms with Crippen LogP contribution in [0.5, 0.6) is 5.75 Å². The van der Waals surface area contributed by atoms with Crippen molar-refractivity contribution in [1.29, 1.82) is 0 Å². The second-order valence-corrected chi connectivity index (χ2v) is 7.12. The van der Waals surface area contributed by atoms with Gasteiger partial charge in [-0.1, -0.05) is 6.07 Å². The van der Waals surface area contributed by atoms with E-state index < -0.39 is 0 Å². The summed E-state index contributed by atoms with van der Waals surface area (Å²) in [5, 5.41) is 4.36. The Hall–Kier alpha value is -3.87. The molecule has 1 aliphatic carbocycles. The number of hydrogen-bond acceptors (Lipinski definition) is 5. The van der Waals surface area contributed by atoms with Crippen molar-refractivity contribution in [3.05, 3.63) is 70.7 Å². The molecule has 0 amide bonds. The van der Waals surface area contributed by atoms with Crippen LogP contribution < -0.4 is 10.5 Å². The average Bonchev–Trinajstić information content (AvgIpc) is 3.41. The van der Waals surface area contributed by atoms with Crippen LogP contribution in [0.3, 0.4) is 0 Å². The normalized spacial score (nSPS) is 12.8. The van der Waals surface area contributed by atoms with Gasteiger partial charge in [-0.3, -0.25) is 4.79 Å². The molecule has 0 aliphatic heterocycles. The van der Waals surface area contributed by atoms with E-state index in [-0.39, 0.29) is 5.78 Å². The number of rotatable bonds is 4. The Kier molecular flexibility index (Phi) is 3.77. The molecule has 29 heavy (non-hydrogen) atoms. The van der Waals surface area contributed by atoms with Gasteiger partial charge in [-0.2, -0.15) is 5.10 Å². The molecule has 5 rings (SSSR count). The van der Waals surface area contributed by atoms with Crippen LogP contribution in [0, 0.1) is 6.92 Å². The van der Waals surface area contributed by atoms with E-state index in [2.05, 4.69) is 15.1 Å². The van der Waals surface area contributed by atoms with E-state index in [1.54, 1.807) is 11.8 Å². The lowest BCUT2D eigenvalue weighted by atomic mass is 10.0. The van der Waals surface area contributed by atoms with E-state index in [4.69, 9.17) is 10.5 Å². The zero-order valence-electron chi connectivity index (χ0n) is 16.1. The number of carbonyl (C=O) groups is 1. The van der Waals surface area contributed by atoms with Crippen molar-refractivity contribution in [3.63, 3.8) is 0 Å². The van der Waals surface area contributed by atoms with Gasteiger partial charge in [-0.15, -0.1) is 0 Å². The Labute approximate surface area is 166 Å². The predicted octanol–water partition coefficient (Wildman–Crippen LogP) is 3.47. The highest BCUT2D eigenvalue weighted by atomic mass is 16.5. The van der Waals surface area contributed by atoms with E-state index in [1.165, 1.54) is 6.20 Å². The molecule has 0 atom stereocenters. The van der Waals surface area contributed by atoms with Gasteiger partial charge in [0.1, 0.15) is 17.4 Å². The molecule has 144 valence electrons. The smallest absolute Gasteiger partial charge is 0.194 e. The number of hydrogen-bond donors (Lipinski definition) is 2. The summed E-state index contributed by atoms with van der Waals surface area (Å²) in [5.74, 6) is 1.83. The van der Waals surface area contributed by atoms with Crippen molar-refractivity contribution >= 4 is 28.7 Å². The molecule has 4 aromatic rings. The zero-order chi connectivity index (χ0) is 20.1. The molecule has 3 N–H and O–H groups in total. The number of aryl methyl sites for hydroxylation is 1. The van der Waals surface area contributed by atoms with Crippen molar-refractivity contribution < 1.29 is 9.53 Å². The third kappa shape index (κ3) is 2.79. The number of imidazole rings is 1. The lowest BCUT2D eigenvalue weighted by Gasteiger charge is -2.06. The second kappa shape index (κ2) is 6.34. The minimum atomic E-state index is -0.109. The predicted molar refractivity (Wildman–Crippen MR) is 111 cm³/mol. The fourth-order valence-corrected chi connectivity index (χ4v) is 3.76. The van der Waals surface area contributed by atoms with Gasteiger partial charge >= 0.3 is 0 Å². The topological polar surface area (TPSA) is 98.8 Å². The molecule has 0 radical (unpaired) electrons. The molecular weight excluding hydrogens is 366 g/mol. The maximum Gasteiger partial charge on any atom is 0.194 e. The quantitative estimate of drug-likeness (QED) is 0.524. The summed E-state index contributed by atoms with van der Waals surface area (Å²) in [6.45, 7) is 1.90. The summed E-state index contributed by atoms with van der Waals surface area (Å²) >= 11 is 0. The first-order chi connectivity index (χ1) is 14.0. The first kappa shape index (κ1) is 17.2. The molecule has 2 aromatic carbocycles. The van der Waals surface area contributed by atoms with Crippen molar-refractivity contribution in [2.24, 2.45) is 0 Å². The Bertz CT molecular complexity index is 1310. The summed E-state index contributed by atoms with van der Waals surface area (Å²) in [5.41, 5.74) is 12.0. The Morgan fingerprint density at radius 3 is 2.93 bits per heavy atom. The molecule has 0 bridgehead atoms. The maximum absolute atomic E-state index is 13.1. The summed E-state index contributed by atoms with van der Waals surface area (Å²) < 4.78 is 6.85. The number of Topliss-reactive ketones (excluding diaryl/α,β-unsaturated/α-hetero) is 1. The summed E-state index contributed by atoms with van der Waals surface area (Å²) in [7, 11) is 1.63. The number of nitrogens with zero attached hydrogens (tertiary/aromatic N) is 3. The molecule has 1 aliphatic rings. The van der Waals surface area contributed by atoms with Gasteiger partial charge in [0.2, 0.25) is 0 Å². The van der Waals surface area contributed by atoms with Crippen molar-refractivity contribution in [1.82, 2.24) is 19.7 Å². The number of anilines is 1. The van der Waals surface area contributed by atoms with Gasteiger partial charge in [0.05, 0.1) is 35.6 Å². The van der Waals surface area contributed by atoms with E-state index in [1.807, 2.05) is 49.4 Å². The third-order valence-electron chi connectivity index (χ3n) is 5.23. The SMILES string of the molecule is COc1ccc2c(c1)CC(C(=O)c1cnn(-c3ccc4nc(C)[nH]c4c3)c1N)=C2. The first-order valence-corrected chi connectivity index (χ1v) is 9.26. The van der Waals surface area contributed by atoms with Gasteiger partial charge < -0.3 is 15.5 Å². The maximum atomic E-state index is 13.1. The van der Waals surface area contributed by atoms with E-state index in [0.717, 1.165) is 39.4 Å². The van der Waals surface area contributed by atoms with Gasteiger partial charge in [-0.25, -0.2) is 9.67 Å². The van der Waals surface area contributed by atoms with Crippen LogP contribution in [0.25, 0.3) is 22.8 Å². The molecule has 0 unspecified atom stereocenters. The number of benzene rings is 2. The van der Waals surface area contributed by atoms with Crippen LogP contribution in [0.1, 0.15) is 27.3 Å². The summed E-state index contributed by atoms with van der Waals surface area (Å²) in [4.78, 5) is 20.7. The monoisotopic (exact) mass is 385 g/mol. The number of aromatic nitrogens is 4. The van der Waals surface area contributed by atoms with Crippen molar-refractivity contribution in [2.75, 3.05) is 12.8 Å². The number of nitrogen functional groups attached to an aromatic ring is 1. The number of H-pyrrole nitrogens is 1. The highest BCUT2D eigenvalue weighted by Crippen LogP contribution is 2.31. The lowest BCUT2D eigenvalue weighted by Crippen LogP contribution is -2.08. The standard InChI is InChI=1S/C22H19N5O2/c1-12-25-19-6-4-16(10-20(19)26-12)27-22(23)18(11-24-27)21(28)15-7-13-3-5-17(29-2)9-14(13)8-15/h3-7,9-11H,8,23H2,1-2H3,(H,25,26). The van der Waals surface area contributed by atoms with Crippen LogP contribution in [0.15, 0.2) is 48.2 Å². The largest absolute Gasteiger partial charge is 0.497 e. The molecule has 0 fully saturated rings. The van der Waals surface area contributed by atoms with Crippen LogP contribution in [0.2, 0.25) is 0 Å². The Morgan fingerprint density at radius 1 is 1.24 bits per heavy atom. The van der Waals surface area contributed by atoms with Crippen LogP contribution in [-0.2, 0) is 6.42 Å². The highest BCUT2D eigenvalue weighted by molar-refractivity contribution is 6.15. The number of nitrogens with one attached hydrogen (secondary N) is 1. The van der Waals surface area contributed by atoms with Crippen molar-refractivity contribution in [3.8, 4) is 11.4 Å². The zero-order valence-corrected chi connectivity index (χ0v) is 16.1. The third-order valence-corrected chi connectivity index (χ3v) is 5.23. The Balaban J connectivity index is 1.47. The number of allylic oxidation sites excluding steroid dienone is 1. The molecule has 0 saturated carbocycles. The average molecular weight is 385 g/mol. The van der Waals surface area contributed by atoms with Gasteiger partial charge in [0, 0.05) is 12.0 Å². The molecule has 2 aromatic heterocycles. The van der Waals surface area contributed by atoms with Gasteiger partial charge in [0.25, 0.3) is 0 Å². The highest BCUT2D eigenvalue weighted by Gasteiger charge is 2.24. The minimum Gasteiger partial charge on any atom is -0.497 e. The number of ether oxygens (including phenoxy) is 1. The van der Waals surface area contributed by atoms with E-state index >= 15 is 0 Å². The number of nitrogens with two attached hydrogens (primary N) is 1. The molecule has 0 spiro atoms. The van der Waals surface area contributed by atoms with Gasteiger partial charge in [0.15, 0.2) is 5.78 Å². The number of carbonyl (C=O) groups excluding carboxylic acids is 1. The number of aromatic amines is 1. The van der Waals surface area contributed by atoms with Crippen molar-refractivity contribution in [2.45, 2.75) is 13.3 Å². The fourth-order valence-electron chi connectivity index (χ4n) is 3.76. The van der Waals surface area contributed by atoms with Crippen LogP contribution >= 0.6 is 0 Å². The van der Waals surface area contributed by atoms with Crippen LogP contribution in [-0.4, -0.2) is 32.6 Å². The first-order valence-electron chi connectivity index (χ1n) is 9.26. The van der Waals surface area contributed by atoms with E-state index in [9.17, 15) is 4.79 Å². The molecule has 7 nitrogen and oxygen atoms in total. The Morgan fingerprint density at radius 2 is 2.10 bits per heavy atom. The summed E-state index contributed by atoms with van der Waals surface area (Å²) in [6, 6.07) is 11.5. The lowest BCUT2D eigenvalue weighted by molar-refractivity contribution is 0.103. The number of ketones is 1. The molecular formula is C22H19N5O2.